The molecule has 0 saturated carbocycles. The minimum absolute atomic E-state index is 0.530. The van der Waals surface area contributed by atoms with Crippen LogP contribution < -0.4 is 0 Å². The third kappa shape index (κ3) is 4.76. The molecule has 5 heteroatoms. The highest BCUT2D eigenvalue weighted by molar-refractivity contribution is 7.71. The van der Waals surface area contributed by atoms with Crippen molar-refractivity contribution in [3.05, 3.63) is 48.0 Å². The molecule has 0 aromatic carbocycles. The second-order valence-electron chi connectivity index (χ2n) is 1.99. The van der Waals surface area contributed by atoms with Crippen molar-refractivity contribution in [2.45, 2.75) is 0 Å². The van der Waals surface area contributed by atoms with E-state index in [4.69, 9.17) is 0 Å². The SMILES string of the molecule is S=c1nccc[nH]1.c1cncnc1. The maximum absolute atomic E-state index is 4.65. The van der Waals surface area contributed by atoms with E-state index >= 15 is 0 Å². The second kappa shape index (κ2) is 5.96. The molecule has 0 atom stereocenters. The van der Waals surface area contributed by atoms with Crippen molar-refractivity contribution in [2.75, 3.05) is 0 Å². The smallest absolute Gasteiger partial charge is 0.196 e. The summed E-state index contributed by atoms with van der Waals surface area (Å²) in [4.78, 5) is 13.8. The maximum atomic E-state index is 4.65. The van der Waals surface area contributed by atoms with Gasteiger partial charge in [-0.05, 0) is 24.4 Å². The summed E-state index contributed by atoms with van der Waals surface area (Å²) >= 11 is 4.65. The van der Waals surface area contributed by atoms with Crippen molar-refractivity contribution < 1.29 is 0 Å². The number of hydrogen-bond acceptors (Lipinski definition) is 4. The van der Waals surface area contributed by atoms with Crippen molar-refractivity contribution in [3.63, 3.8) is 0 Å². The molecule has 0 aliphatic rings. The number of aromatic nitrogens is 4. The monoisotopic (exact) mass is 192 g/mol. The summed E-state index contributed by atoms with van der Waals surface area (Å²) in [6.07, 6.45) is 8.27. The predicted octanol–water partition coefficient (Wildman–Crippen LogP) is 1.62. The predicted molar refractivity (Wildman–Crippen MR) is 51.5 cm³/mol. The zero-order valence-corrected chi connectivity index (χ0v) is 7.61. The van der Waals surface area contributed by atoms with E-state index in [1.807, 2.05) is 0 Å². The first kappa shape index (κ1) is 9.47. The number of nitrogens with one attached hydrogen (secondary N) is 1. The molecule has 2 aromatic heterocycles. The van der Waals surface area contributed by atoms with E-state index in [2.05, 4.69) is 32.2 Å². The van der Waals surface area contributed by atoms with Gasteiger partial charge in [-0.25, -0.2) is 15.0 Å². The maximum Gasteiger partial charge on any atom is 0.196 e. The van der Waals surface area contributed by atoms with E-state index in [0.717, 1.165) is 0 Å². The summed E-state index contributed by atoms with van der Waals surface area (Å²) in [6, 6.07) is 3.57. The molecule has 2 aromatic rings. The highest BCUT2D eigenvalue weighted by Crippen LogP contribution is 1.73. The fraction of sp³-hybridized carbons (Fsp3) is 0. The van der Waals surface area contributed by atoms with Crippen LogP contribution in [0.3, 0.4) is 0 Å². The molecular weight excluding hydrogens is 184 g/mol. The van der Waals surface area contributed by atoms with E-state index in [1.54, 1.807) is 36.9 Å². The molecule has 0 fully saturated rings. The molecule has 13 heavy (non-hydrogen) atoms. The van der Waals surface area contributed by atoms with Crippen LogP contribution in [0.5, 0.6) is 0 Å². The molecule has 0 amide bonds. The Balaban J connectivity index is 0.000000132. The summed E-state index contributed by atoms with van der Waals surface area (Å²) in [5.74, 6) is 0. The van der Waals surface area contributed by atoms with Crippen LogP contribution in [0.15, 0.2) is 43.2 Å². The van der Waals surface area contributed by atoms with Gasteiger partial charge in [-0.1, -0.05) is 0 Å². The lowest BCUT2D eigenvalue weighted by Crippen LogP contribution is -1.72. The molecular formula is C8H8N4S. The van der Waals surface area contributed by atoms with Crippen LogP contribution in [0.1, 0.15) is 0 Å². The molecule has 0 aliphatic heterocycles. The van der Waals surface area contributed by atoms with Gasteiger partial charge in [0.15, 0.2) is 4.77 Å². The second-order valence-corrected chi connectivity index (χ2v) is 2.38. The molecule has 0 bridgehead atoms. The number of hydrogen-bond donors (Lipinski definition) is 1. The van der Waals surface area contributed by atoms with Crippen LogP contribution in [0.4, 0.5) is 0 Å². The Kier molecular flexibility index (Phi) is 4.34. The number of nitrogens with zero attached hydrogens (tertiary/aromatic N) is 3. The van der Waals surface area contributed by atoms with Gasteiger partial charge in [0.25, 0.3) is 0 Å². The topological polar surface area (TPSA) is 54.5 Å². The molecule has 0 unspecified atom stereocenters. The fourth-order valence-electron chi connectivity index (χ4n) is 0.564. The first-order valence-electron chi connectivity index (χ1n) is 3.59. The van der Waals surface area contributed by atoms with Crippen LogP contribution in [0.2, 0.25) is 0 Å². The van der Waals surface area contributed by atoms with Crippen LogP contribution in [0, 0.1) is 4.77 Å². The Morgan fingerprint density at radius 3 is 2.08 bits per heavy atom. The van der Waals surface area contributed by atoms with Gasteiger partial charge < -0.3 is 4.98 Å². The van der Waals surface area contributed by atoms with Gasteiger partial charge >= 0.3 is 0 Å². The first-order chi connectivity index (χ1) is 6.39. The average molecular weight is 192 g/mol. The lowest BCUT2D eigenvalue weighted by molar-refractivity contribution is 1.13. The molecule has 0 saturated heterocycles. The Morgan fingerprint density at radius 1 is 1.08 bits per heavy atom. The zero-order chi connectivity index (χ0) is 9.36. The fourth-order valence-corrected chi connectivity index (χ4v) is 0.693. The summed E-state index contributed by atoms with van der Waals surface area (Å²) in [5, 5.41) is 0. The third-order valence-corrected chi connectivity index (χ3v) is 1.28. The summed E-state index contributed by atoms with van der Waals surface area (Å²) in [6.45, 7) is 0. The Bertz CT molecular complexity index is 329. The van der Waals surface area contributed by atoms with Crippen LogP contribution in [0.25, 0.3) is 0 Å². The number of H-pyrrole nitrogens is 1. The number of rotatable bonds is 0. The largest absolute Gasteiger partial charge is 0.337 e. The van der Waals surface area contributed by atoms with E-state index in [1.165, 1.54) is 6.33 Å². The lowest BCUT2D eigenvalue weighted by Gasteiger charge is -1.75. The van der Waals surface area contributed by atoms with Gasteiger partial charge in [0.05, 0.1) is 0 Å². The van der Waals surface area contributed by atoms with E-state index in [-0.39, 0.29) is 0 Å². The minimum atomic E-state index is 0.530. The quantitative estimate of drug-likeness (QED) is 0.644. The van der Waals surface area contributed by atoms with Crippen LogP contribution >= 0.6 is 12.2 Å². The molecule has 66 valence electrons. The molecule has 0 radical (unpaired) electrons. The van der Waals surface area contributed by atoms with E-state index < -0.39 is 0 Å². The van der Waals surface area contributed by atoms with Gasteiger partial charge in [0.1, 0.15) is 6.33 Å². The van der Waals surface area contributed by atoms with Crippen molar-refractivity contribution >= 4 is 12.2 Å². The van der Waals surface area contributed by atoms with E-state index in [9.17, 15) is 0 Å². The molecule has 1 N–H and O–H groups in total. The molecule has 0 spiro atoms. The van der Waals surface area contributed by atoms with Crippen molar-refractivity contribution in [1.29, 1.82) is 0 Å². The molecule has 2 rings (SSSR count). The van der Waals surface area contributed by atoms with Crippen LogP contribution in [-0.4, -0.2) is 19.9 Å². The Labute approximate surface area is 80.7 Å². The molecule has 4 nitrogen and oxygen atoms in total. The van der Waals surface area contributed by atoms with E-state index in [0.29, 0.717) is 4.77 Å². The normalized spacial score (nSPS) is 8.31. The molecule has 0 aliphatic carbocycles. The third-order valence-electron chi connectivity index (χ3n) is 1.06. The standard InChI is InChI=1S/C4H4N2S.C4H4N2/c7-4-5-2-1-3-6-4;1-2-5-4-6-3-1/h1-3H,(H,5,6,7);1-4H. The zero-order valence-electron chi connectivity index (χ0n) is 6.79. The van der Waals surface area contributed by atoms with Gasteiger partial charge in [-0.2, -0.15) is 0 Å². The number of aromatic amines is 1. The highest BCUT2D eigenvalue weighted by Gasteiger charge is 1.66. The molecule has 2 heterocycles. The van der Waals surface area contributed by atoms with Gasteiger partial charge in [-0.3, -0.25) is 0 Å². The first-order valence-corrected chi connectivity index (χ1v) is 4.00. The summed E-state index contributed by atoms with van der Waals surface area (Å²) < 4.78 is 0.530. The summed E-state index contributed by atoms with van der Waals surface area (Å²) in [7, 11) is 0. The van der Waals surface area contributed by atoms with Crippen LogP contribution in [-0.2, 0) is 0 Å². The van der Waals surface area contributed by atoms with Crippen molar-refractivity contribution in [2.24, 2.45) is 0 Å². The Morgan fingerprint density at radius 2 is 1.85 bits per heavy atom. The summed E-state index contributed by atoms with van der Waals surface area (Å²) in [5.41, 5.74) is 0. The van der Waals surface area contributed by atoms with Gasteiger partial charge in [0, 0.05) is 24.8 Å². The van der Waals surface area contributed by atoms with Crippen molar-refractivity contribution in [3.8, 4) is 0 Å². The Hall–Kier alpha value is -1.62. The minimum Gasteiger partial charge on any atom is -0.337 e. The highest BCUT2D eigenvalue weighted by atomic mass is 32.1. The lowest BCUT2D eigenvalue weighted by atomic mass is 10.7. The van der Waals surface area contributed by atoms with Gasteiger partial charge in [0.2, 0.25) is 0 Å². The van der Waals surface area contributed by atoms with Crippen molar-refractivity contribution in [1.82, 2.24) is 19.9 Å². The van der Waals surface area contributed by atoms with Gasteiger partial charge in [-0.15, -0.1) is 0 Å². The average Bonchev–Trinajstić information content (AvgIpc) is 2.22.